The molecular weight excluding hydrogens is 320 g/mol. The number of halogens is 1. The van der Waals surface area contributed by atoms with Crippen molar-refractivity contribution in [2.24, 2.45) is 7.05 Å². The first-order chi connectivity index (χ1) is 11.1. The van der Waals surface area contributed by atoms with Crippen LogP contribution in [0.1, 0.15) is 22.3 Å². The molecule has 0 spiro atoms. The fraction of sp³-hybridized carbons (Fsp3) is 0.400. The van der Waals surface area contributed by atoms with Crippen molar-refractivity contribution < 1.29 is 14.3 Å². The number of amides is 1. The molecule has 1 aliphatic rings. The van der Waals surface area contributed by atoms with Gasteiger partial charge in [-0.2, -0.15) is 0 Å². The fourth-order valence-electron chi connectivity index (χ4n) is 2.59. The standard InChI is InChI=1S/C15H17ClN4O3/c1-19-9-17-18-14(19)13-8-20(5-6-23-13)15(21)11-7-10(16)3-4-12(11)22-2/h3-4,7,9,13H,5-6,8H2,1-2H3/t13-/m0/s1. The summed E-state index contributed by atoms with van der Waals surface area (Å²) in [6.45, 7) is 1.34. The zero-order valence-electron chi connectivity index (χ0n) is 12.9. The van der Waals surface area contributed by atoms with E-state index in [1.807, 2.05) is 7.05 Å². The van der Waals surface area contributed by atoms with Gasteiger partial charge in [0.05, 0.1) is 25.8 Å². The van der Waals surface area contributed by atoms with Crippen molar-refractivity contribution in [3.63, 3.8) is 0 Å². The van der Waals surface area contributed by atoms with Crippen molar-refractivity contribution in [2.45, 2.75) is 6.10 Å². The third kappa shape index (κ3) is 3.16. The van der Waals surface area contributed by atoms with E-state index in [1.54, 1.807) is 34.0 Å². The highest BCUT2D eigenvalue weighted by atomic mass is 35.5. The highest BCUT2D eigenvalue weighted by Gasteiger charge is 2.30. The predicted molar refractivity (Wildman–Crippen MR) is 83.6 cm³/mol. The van der Waals surface area contributed by atoms with Gasteiger partial charge in [-0.25, -0.2) is 0 Å². The third-order valence-electron chi connectivity index (χ3n) is 3.78. The first kappa shape index (κ1) is 15.8. The number of ether oxygens (including phenoxy) is 2. The maximum atomic E-state index is 12.8. The number of aromatic nitrogens is 3. The van der Waals surface area contributed by atoms with Gasteiger partial charge >= 0.3 is 0 Å². The SMILES string of the molecule is COc1ccc(Cl)cc1C(=O)N1CCO[C@H](c2nncn2C)C1. The molecule has 0 N–H and O–H groups in total. The van der Waals surface area contributed by atoms with Gasteiger partial charge in [0.2, 0.25) is 0 Å². The summed E-state index contributed by atoms with van der Waals surface area (Å²) in [6, 6.07) is 5.00. The number of carbonyl (C=O) groups is 1. The van der Waals surface area contributed by atoms with Crippen molar-refractivity contribution in [1.29, 1.82) is 0 Å². The lowest BCUT2D eigenvalue weighted by molar-refractivity contribution is -0.0281. The van der Waals surface area contributed by atoms with Crippen LogP contribution in [-0.4, -0.2) is 52.4 Å². The quantitative estimate of drug-likeness (QED) is 0.853. The first-order valence-corrected chi connectivity index (χ1v) is 7.56. The summed E-state index contributed by atoms with van der Waals surface area (Å²) in [7, 11) is 3.38. The van der Waals surface area contributed by atoms with E-state index in [-0.39, 0.29) is 12.0 Å². The van der Waals surface area contributed by atoms with E-state index in [1.165, 1.54) is 7.11 Å². The molecule has 1 aromatic carbocycles. The number of morpholine rings is 1. The van der Waals surface area contributed by atoms with E-state index in [9.17, 15) is 4.79 Å². The first-order valence-electron chi connectivity index (χ1n) is 7.18. The van der Waals surface area contributed by atoms with Gasteiger partial charge in [0.25, 0.3) is 5.91 Å². The summed E-state index contributed by atoms with van der Waals surface area (Å²) in [5.41, 5.74) is 0.443. The molecule has 0 saturated carbocycles. The second-order valence-electron chi connectivity index (χ2n) is 5.26. The van der Waals surface area contributed by atoms with Gasteiger partial charge in [-0.1, -0.05) is 11.6 Å². The maximum absolute atomic E-state index is 12.8. The van der Waals surface area contributed by atoms with Crippen LogP contribution in [0.3, 0.4) is 0 Å². The summed E-state index contributed by atoms with van der Waals surface area (Å²) >= 11 is 6.01. The highest BCUT2D eigenvalue weighted by Crippen LogP contribution is 2.27. The van der Waals surface area contributed by atoms with Crippen LogP contribution in [0.25, 0.3) is 0 Å². The Morgan fingerprint density at radius 2 is 2.30 bits per heavy atom. The zero-order valence-corrected chi connectivity index (χ0v) is 13.7. The van der Waals surface area contributed by atoms with Crippen LogP contribution in [0.4, 0.5) is 0 Å². The minimum absolute atomic E-state index is 0.139. The van der Waals surface area contributed by atoms with E-state index >= 15 is 0 Å². The number of benzene rings is 1. The van der Waals surface area contributed by atoms with Gasteiger partial charge in [-0.05, 0) is 18.2 Å². The molecular formula is C15H17ClN4O3. The van der Waals surface area contributed by atoms with Crippen LogP contribution in [0.15, 0.2) is 24.5 Å². The molecule has 1 saturated heterocycles. The van der Waals surface area contributed by atoms with Crippen LogP contribution < -0.4 is 4.74 Å². The highest BCUT2D eigenvalue weighted by molar-refractivity contribution is 6.31. The molecule has 1 aliphatic heterocycles. The molecule has 3 rings (SSSR count). The summed E-state index contributed by atoms with van der Waals surface area (Å²) in [4.78, 5) is 14.5. The van der Waals surface area contributed by atoms with Crippen LogP contribution in [0.5, 0.6) is 5.75 Å². The Balaban J connectivity index is 1.83. The molecule has 1 fully saturated rings. The van der Waals surface area contributed by atoms with Crippen LogP contribution in [0, 0.1) is 0 Å². The van der Waals surface area contributed by atoms with E-state index in [2.05, 4.69) is 10.2 Å². The Kier molecular flexibility index (Phi) is 4.49. The lowest BCUT2D eigenvalue weighted by atomic mass is 10.1. The zero-order chi connectivity index (χ0) is 16.4. The van der Waals surface area contributed by atoms with Crippen LogP contribution in [0.2, 0.25) is 5.02 Å². The fourth-order valence-corrected chi connectivity index (χ4v) is 2.76. The normalized spacial score (nSPS) is 18.0. The second kappa shape index (κ2) is 6.55. The minimum Gasteiger partial charge on any atom is -0.496 e. The summed E-state index contributed by atoms with van der Waals surface area (Å²) in [6.07, 6.45) is 1.31. The lowest BCUT2D eigenvalue weighted by Crippen LogP contribution is -2.43. The van der Waals surface area contributed by atoms with Crippen molar-refractivity contribution in [3.05, 3.63) is 40.9 Å². The molecule has 0 unspecified atom stereocenters. The van der Waals surface area contributed by atoms with Crippen molar-refractivity contribution in [1.82, 2.24) is 19.7 Å². The van der Waals surface area contributed by atoms with Crippen molar-refractivity contribution >= 4 is 17.5 Å². The van der Waals surface area contributed by atoms with E-state index in [4.69, 9.17) is 21.1 Å². The largest absolute Gasteiger partial charge is 0.496 e. The molecule has 1 atom stereocenters. The van der Waals surface area contributed by atoms with Gasteiger partial charge in [-0.3, -0.25) is 4.79 Å². The molecule has 0 aliphatic carbocycles. The molecule has 0 radical (unpaired) electrons. The van der Waals surface area contributed by atoms with E-state index in [0.717, 1.165) is 0 Å². The summed E-state index contributed by atoms with van der Waals surface area (Å²) in [5, 5.41) is 8.41. The summed E-state index contributed by atoms with van der Waals surface area (Å²) in [5.74, 6) is 1.06. The van der Waals surface area contributed by atoms with Gasteiger partial charge in [0.15, 0.2) is 5.82 Å². The molecule has 23 heavy (non-hydrogen) atoms. The molecule has 1 aromatic heterocycles. The van der Waals surface area contributed by atoms with Crippen molar-refractivity contribution in [3.8, 4) is 5.75 Å². The van der Waals surface area contributed by atoms with Gasteiger partial charge < -0.3 is 18.9 Å². The minimum atomic E-state index is -0.301. The predicted octanol–water partition coefficient (Wildman–Crippen LogP) is 1.69. The molecule has 0 bridgehead atoms. The Bertz CT molecular complexity index is 718. The molecule has 2 aromatic rings. The summed E-state index contributed by atoms with van der Waals surface area (Å²) < 4.78 is 12.8. The average Bonchev–Trinajstić information content (AvgIpc) is 3.00. The number of methoxy groups -OCH3 is 1. The second-order valence-corrected chi connectivity index (χ2v) is 5.69. The van der Waals surface area contributed by atoms with E-state index in [0.29, 0.717) is 41.9 Å². The number of carbonyl (C=O) groups excluding carboxylic acids is 1. The molecule has 7 nitrogen and oxygen atoms in total. The number of nitrogens with zero attached hydrogens (tertiary/aromatic N) is 4. The number of rotatable bonds is 3. The number of hydrogen-bond acceptors (Lipinski definition) is 5. The average molecular weight is 337 g/mol. The van der Waals surface area contributed by atoms with Gasteiger partial charge in [0.1, 0.15) is 18.2 Å². The topological polar surface area (TPSA) is 69.5 Å². The Labute approximate surface area is 138 Å². The Morgan fingerprint density at radius 3 is 3.00 bits per heavy atom. The molecule has 2 heterocycles. The van der Waals surface area contributed by atoms with Gasteiger partial charge in [0, 0.05) is 18.6 Å². The molecule has 122 valence electrons. The molecule has 8 heteroatoms. The van der Waals surface area contributed by atoms with Crippen LogP contribution >= 0.6 is 11.6 Å². The third-order valence-corrected chi connectivity index (χ3v) is 4.02. The Morgan fingerprint density at radius 1 is 1.48 bits per heavy atom. The van der Waals surface area contributed by atoms with Crippen LogP contribution in [-0.2, 0) is 11.8 Å². The van der Waals surface area contributed by atoms with E-state index < -0.39 is 0 Å². The Hall–Kier alpha value is -2.12. The monoisotopic (exact) mass is 336 g/mol. The lowest BCUT2D eigenvalue weighted by Gasteiger charge is -2.32. The smallest absolute Gasteiger partial charge is 0.257 e. The number of hydrogen-bond donors (Lipinski definition) is 0. The molecule has 1 amide bonds. The van der Waals surface area contributed by atoms with Gasteiger partial charge in [-0.15, -0.1) is 10.2 Å². The maximum Gasteiger partial charge on any atom is 0.257 e. The van der Waals surface area contributed by atoms with Crippen molar-refractivity contribution in [2.75, 3.05) is 26.8 Å². The number of aryl methyl sites for hydroxylation is 1.